The third-order valence-electron chi connectivity index (χ3n) is 5.85. The van der Waals surface area contributed by atoms with Gasteiger partial charge < -0.3 is 4.90 Å². The van der Waals surface area contributed by atoms with E-state index in [9.17, 15) is 13.2 Å². The minimum Gasteiger partial charge on any atom is -0.343 e. The van der Waals surface area contributed by atoms with Crippen LogP contribution >= 0.6 is 0 Å². The molecule has 1 heterocycles. The molecule has 1 aliphatic heterocycles. The smallest absolute Gasteiger partial charge is 0.222 e. The molecule has 126 valence electrons. The lowest BCUT2D eigenvalue weighted by Crippen LogP contribution is -2.55. The fourth-order valence-electron chi connectivity index (χ4n) is 4.60. The van der Waals surface area contributed by atoms with Gasteiger partial charge >= 0.3 is 0 Å². The molecule has 0 aromatic rings. The van der Waals surface area contributed by atoms with Crippen molar-refractivity contribution in [1.29, 1.82) is 0 Å². The zero-order valence-electron chi connectivity index (χ0n) is 13.5. The Morgan fingerprint density at radius 3 is 2.32 bits per heavy atom. The molecule has 22 heavy (non-hydrogen) atoms. The maximum atomic E-state index is 12.4. The highest BCUT2D eigenvalue weighted by Crippen LogP contribution is 2.49. The van der Waals surface area contributed by atoms with Crippen LogP contribution in [0, 0.1) is 11.3 Å². The number of amides is 1. The lowest BCUT2D eigenvalue weighted by Gasteiger charge is -2.52. The summed E-state index contributed by atoms with van der Waals surface area (Å²) in [6, 6.07) is 0.107. The Morgan fingerprint density at radius 1 is 1.18 bits per heavy atom. The van der Waals surface area contributed by atoms with E-state index in [-0.39, 0.29) is 11.5 Å². The highest BCUT2D eigenvalue weighted by molar-refractivity contribution is 7.88. The van der Waals surface area contributed by atoms with Crippen molar-refractivity contribution in [2.24, 2.45) is 11.3 Å². The van der Waals surface area contributed by atoms with Crippen molar-refractivity contribution in [2.45, 2.75) is 63.8 Å². The van der Waals surface area contributed by atoms with Gasteiger partial charge in [-0.2, -0.15) is 0 Å². The van der Waals surface area contributed by atoms with Crippen molar-refractivity contribution >= 4 is 15.9 Å². The molecule has 1 saturated heterocycles. The molecule has 1 amide bonds. The van der Waals surface area contributed by atoms with Crippen molar-refractivity contribution in [1.82, 2.24) is 9.62 Å². The molecule has 0 radical (unpaired) electrons. The van der Waals surface area contributed by atoms with E-state index < -0.39 is 10.0 Å². The number of nitrogens with zero attached hydrogens (tertiary/aromatic N) is 1. The first-order valence-corrected chi connectivity index (χ1v) is 10.5. The second-order valence-electron chi connectivity index (χ2n) is 7.73. The van der Waals surface area contributed by atoms with Gasteiger partial charge in [-0.1, -0.05) is 12.8 Å². The molecular formula is C16H28N2O3S. The number of likely N-dealkylation sites (tertiary alicyclic amines) is 1. The predicted molar refractivity (Wildman–Crippen MR) is 85.8 cm³/mol. The highest BCUT2D eigenvalue weighted by Gasteiger charge is 2.47. The Hall–Kier alpha value is -0.620. The number of sulfonamides is 1. The van der Waals surface area contributed by atoms with Crippen molar-refractivity contribution in [2.75, 3.05) is 19.3 Å². The fraction of sp³-hybridized carbons (Fsp3) is 0.938. The average molecular weight is 328 g/mol. The molecule has 2 saturated carbocycles. The summed E-state index contributed by atoms with van der Waals surface area (Å²) in [7, 11) is -3.09. The van der Waals surface area contributed by atoms with Crippen LogP contribution in [0.15, 0.2) is 0 Å². The number of rotatable bonds is 4. The van der Waals surface area contributed by atoms with Crippen LogP contribution in [-0.2, 0) is 14.8 Å². The van der Waals surface area contributed by atoms with Gasteiger partial charge in [0.1, 0.15) is 0 Å². The monoisotopic (exact) mass is 328 g/mol. The summed E-state index contributed by atoms with van der Waals surface area (Å²) in [5, 5.41) is 0. The Kier molecular flexibility index (Phi) is 4.52. The molecule has 0 aromatic heterocycles. The first-order chi connectivity index (χ1) is 10.4. The van der Waals surface area contributed by atoms with Gasteiger partial charge in [0.25, 0.3) is 0 Å². The molecule has 3 fully saturated rings. The van der Waals surface area contributed by atoms with Crippen LogP contribution in [0.5, 0.6) is 0 Å². The zero-order valence-corrected chi connectivity index (χ0v) is 14.3. The van der Waals surface area contributed by atoms with Gasteiger partial charge in [-0.05, 0) is 49.9 Å². The average Bonchev–Trinajstić information content (AvgIpc) is 2.89. The van der Waals surface area contributed by atoms with Crippen LogP contribution in [0.3, 0.4) is 0 Å². The van der Waals surface area contributed by atoms with Crippen LogP contribution in [0.1, 0.15) is 57.8 Å². The van der Waals surface area contributed by atoms with Gasteiger partial charge in [-0.25, -0.2) is 13.1 Å². The molecule has 0 aromatic carbocycles. The van der Waals surface area contributed by atoms with Gasteiger partial charge in [0.2, 0.25) is 15.9 Å². The minimum absolute atomic E-state index is 0.107. The fourth-order valence-corrected chi connectivity index (χ4v) is 5.37. The lowest BCUT2D eigenvalue weighted by atomic mass is 9.60. The molecule has 2 aliphatic carbocycles. The normalized spacial score (nSPS) is 26.3. The number of piperidine rings is 1. The second-order valence-corrected chi connectivity index (χ2v) is 9.51. The maximum absolute atomic E-state index is 12.4. The van der Waals surface area contributed by atoms with Gasteiger partial charge in [0.05, 0.1) is 6.26 Å². The summed E-state index contributed by atoms with van der Waals surface area (Å²) in [6.45, 7) is 1.72. The SMILES string of the molecule is CS(=O)(=O)NC1CC2(CCN(C(=O)CC3CCCC3)CC2)C1. The van der Waals surface area contributed by atoms with Crippen LogP contribution in [0.25, 0.3) is 0 Å². The molecule has 5 nitrogen and oxygen atoms in total. The molecule has 1 spiro atoms. The van der Waals surface area contributed by atoms with E-state index >= 15 is 0 Å². The van der Waals surface area contributed by atoms with Gasteiger partial charge in [-0.3, -0.25) is 4.79 Å². The predicted octanol–water partition coefficient (Wildman–Crippen LogP) is 1.89. The molecule has 0 atom stereocenters. The second kappa shape index (κ2) is 6.11. The van der Waals surface area contributed by atoms with Crippen LogP contribution in [0.2, 0.25) is 0 Å². The van der Waals surface area contributed by atoms with E-state index in [1.54, 1.807) is 0 Å². The highest BCUT2D eigenvalue weighted by atomic mass is 32.2. The summed E-state index contributed by atoms with van der Waals surface area (Å²) in [5.74, 6) is 0.960. The number of hydrogen-bond acceptors (Lipinski definition) is 3. The summed E-state index contributed by atoms with van der Waals surface area (Å²) in [6.07, 6.45) is 10.9. The summed E-state index contributed by atoms with van der Waals surface area (Å²) in [4.78, 5) is 14.4. The molecule has 3 rings (SSSR count). The quantitative estimate of drug-likeness (QED) is 0.857. The van der Waals surface area contributed by atoms with Crippen molar-refractivity contribution in [3.05, 3.63) is 0 Å². The number of nitrogens with one attached hydrogen (secondary N) is 1. The molecule has 0 unspecified atom stereocenters. The lowest BCUT2D eigenvalue weighted by molar-refractivity contribution is -0.135. The first kappa shape index (κ1) is 16.2. The third-order valence-corrected chi connectivity index (χ3v) is 6.62. The van der Waals surface area contributed by atoms with E-state index in [2.05, 4.69) is 4.72 Å². The number of hydrogen-bond donors (Lipinski definition) is 1. The first-order valence-electron chi connectivity index (χ1n) is 8.60. The standard InChI is InChI=1S/C16H28N2O3S/c1-22(20,21)17-14-11-16(12-14)6-8-18(9-7-16)15(19)10-13-4-2-3-5-13/h13-14,17H,2-12H2,1H3. The van der Waals surface area contributed by atoms with Crippen molar-refractivity contribution < 1.29 is 13.2 Å². The molecule has 1 N–H and O–H groups in total. The summed E-state index contributed by atoms with van der Waals surface area (Å²) in [5.41, 5.74) is 0.284. The molecule has 0 bridgehead atoms. The van der Waals surface area contributed by atoms with Crippen LogP contribution in [0.4, 0.5) is 0 Å². The summed E-state index contributed by atoms with van der Waals surface area (Å²) < 4.78 is 25.2. The Morgan fingerprint density at radius 2 is 1.77 bits per heavy atom. The Balaban J connectivity index is 1.42. The number of carbonyl (C=O) groups is 1. The molecule has 6 heteroatoms. The number of carbonyl (C=O) groups excluding carboxylic acids is 1. The van der Waals surface area contributed by atoms with Gasteiger partial charge in [0.15, 0.2) is 0 Å². The van der Waals surface area contributed by atoms with Crippen LogP contribution < -0.4 is 4.72 Å². The third kappa shape index (κ3) is 3.82. The molecule has 3 aliphatic rings. The maximum Gasteiger partial charge on any atom is 0.222 e. The van der Waals surface area contributed by atoms with E-state index in [0.29, 0.717) is 11.8 Å². The van der Waals surface area contributed by atoms with Crippen molar-refractivity contribution in [3.63, 3.8) is 0 Å². The molecular weight excluding hydrogens is 300 g/mol. The van der Waals surface area contributed by atoms with E-state index in [4.69, 9.17) is 0 Å². The summed E-state index contributed by atoms with van der Waals surface area (Å²) >= 11 is 0. The topological polar surface area (TPSA) is 66.5 Å². The van der Waals surface area contributed by atoms with Crippen molar-refractivity contribution in [3.8, 4) is 0 Å². The van der Waals surface area contributed by atoms with E-state index in [1.165, 1.54) is 31.9 Å². The van der Waals surface area contributed by atoms with E-state index in [1.807, 2.05) is 4.90 Å². The van der Waals surface area contributed by atoms with Gasteiger partial charge in [-0.15, -0.1) is 0 Å². The Labute approximate surface area is 133 Å². The van der Waals surface area contributed by atoms with Crippen LogP contribution in [-0.4, -0.2) is 44.6 Å². The minimum atomic E-state index is -3.09. The van der Waals surface area contributed by atoms with E-state index in [0.717, 1.165) is 45.2 Å². The van der Waals surface area contributed by atoms with Gasteiger partial charge in [0, 0.05) is 25.6 Å². The Bertz CT molecular complexity index is 510. The zero-order chi connectivity index (χ0) is 15.8. The largest absolute Gasteiger partial charge is 0.343 e.